The van der Waals surface area contributed by atoms with Crippen LogP contribution in [0.4, 0.5) is 17.1 Å². The third-order valence-corrected chi connectivity index (χ3v) is 16.3. The van der Waals surface area contributed by atoms with E-state index in [2.05, 4.69) is 207 Å². The van der Waals surface area contributed by atoms with Gasteiger partial charge < -0.3 is 4.90 Å². The number of benzene rings is 8. The molecular weight excluding hydrogens is 747 g/mol. The second-order valence-electron chi connectivity index (χ2n) is 19.8. The fourth-order valence-corrected chi connectivity index (χ4v) is 13.7. The Morgan fingerprint density at radius 1 is 0.339 bits per heavy atom. The largest absolute Gasteiger partial charge is 0.310 e. The maximum absolute atomic E-state index is 2.55. The Bertz CT molecular complexity index is 3010. The van der Waals surface area contributed by atoms with Crippen LogP contribution in [0.2, 0.25) is 0 Å². The van der Waals surface area contributed by atoms with E-state index in [1.165, 1.54) is 105 Å². The van der Waals surface area contributed by atoms with E-state index in [1.807, 2.05) is 0 Å². The summed E-state index contributed by atoms with van der Waals surface area (Å²) in [7, 11) is 0. The lowest BCUT2D eigenvalue weighted by Gasteiger charge is -2.61. The van der Waals surface area contributed by atoms with Crippen LogP contribution in [0.25, 0.3) is 55.6 Å². The molecule has 0 aliphatic heterocycles. The Kier molecular flexibility index (Phi) is 7.91. The Morgan fingerprint density at radius 3 is 1.48 bits per heavy atom. The van der Waals surface area contributed by atoms with Crippen molar-refractivity contribution in [3.8, 4) is 55.6 Å². The monoisotopic (exact) mass is 797 g/mol. The molecule has 300 valence electrons. The zero-order valence-electron chi connectivity index (χ0n) is 35.7. The topological polar surface area (TPSA) is 3.24 Å². The van der Waals surface area contributed by atoms with Crippen molar-refractivity contribution in [2.24, 2.45) is 23.7 Å². The standard InChI is InChI=1S/C61H51N/c1-60(2)56-17-8-6-15-52(56)54-29-28-51(38-59(54)60)62(49-24-19-42(20-25-49)41-11-4-3-5-12-41)50-26-21-43(22-27-50)44-13-10-14-45(36-44)46-23-30-58-55(37-46)53-16-7-9-18-57(53)61(58)47-32-39-31-40(34-47)35-48(61)33-39/h3-30,36-40,47-48H,31-35H2,1-2H3. The molecule has 6 aliphatic carbocycles. The second kappa shape index (κ2) is 13.5. The van der Waals surface area contributed by atoms with Gasteiger partial charge in [-0.15, -0.1) is 0 Å². The Morgan fingerprint density at radius 2 is 0.806 bits per heavy atom. The van der Waals surface area contributed by atoms with Crippen LogP contribution < -0.4 is 4.90 Å². The number of rotatable bonds is 6. The highest BCUT2D eigenvalue weighted by Gasteiger charge is 2.61. The summed E-state index contributed by atoms with van der Waals surface area (Å²) in [6.07, 6.45) is 7.16. The van der Waals surface area contributed by atoms with E-state index >= 15 is 0 Å². The van der Waals surface area contributed by atoms with Gasteiger partial charge >= 0.3 is 0 Å². The van der Waals surface area contributed by atoms with E-state index in [4.69, 9.17) is 0 Å². The molecule has 0 N–H and O–H groups in total. The van der Waals surface area contributed by atoms with E-state index in [-0.39, 0.29) is 10.8 Å². The molecule has 62 heavy (non-hydrogen) atoms. The number of anilines is 3. The van der Waals surface area contributed by atoms with Crippen LogP contribution in [0.15, 0.2) is 188 Å². The average molecular weight is 798 g/mol. The number of hydrogen-bond acceptors (Lipinski definition) is 1. The van der Waals surface area contributed by atoms with Crippen molar-refractivity contribution < 1.29 is 0 Å². The van der Waals surface area contributed by atoms with Crippen LogP contribution in [-0.4, -0.2) is 0 Å². The highest BCUT2D eigenvalue weighted by molar-refractivity contribution is 5.88. The molecule has 1 nitrogen and oxygen atoms in total. The van der Waals surface area contributed by atoms with Gasteiger partial charge in [0.2, 0.25) is 0 Å². The van der Waals surface area contributed by atoms with Gasteiger partial charge in [-0.3, -0.25) is 0 Å². The molecule has 0 atom stereocenters. The number of nitrogens with zero attached hydrogens (tertiary/aromatic N) is 1. The van der Waals surface area contributed by atoms with E-state index in [0.717, 1.165) is 35.0 Å². The second-order valence-corrected chi connectivity index (χ2v) is 19.8. The Labute approximate surface area is 366 Å². The lowest BCUT2D eigenvalue weighted by molar-refractivity contribution is -0.0399. The van der Waals surface area contributed by atoms with E-state index in [0.29, 0.717) is 0 Å². The van der Waals surface area contributed by atoms with Crippen molar-refractivity contribution in [1.29, 1.82) is 0 Å². The molecule has 6 aliphatic rings. The smallest absolute Gasteiger partial charge is 0.0465 e. The Hall–Kier alpha value is -6.44. The minimum atomic E-state index is -0.0849. The van der Waals surface area contributed by atoms with Crippen molar-refractivity contribution in [2.75, 3.05) is 4.90 Å². The van der Waals surface area contributed by atoms with Gasteiger partial charge in [0.05, 0.1) is 0 Å². The molecule has 1 spiro atoms. The van der Waals surface area contributed by atoms with Crippen LogP contribution in [0.3, 0.4) is 0 Å². The summed E-state index contributed by atoms with van der Waals surface area (Å²) < 4.78 is 0. The molecule has 14 rings (SSSR count). The molecule has 0 saturated heterocycles. The first-order valence-electron chi connectivity index (χ1n) is 23.1. The van der Waals surface area contributed by atoms with Gasteiger partial charge in [-0.05, 0) is 182 Å². The van der Waals surface area contributed by atoms with Gasteiger partial charge in [-0.25, -0.2) is 0 Å². The van der Waals surface area contributed by atoms with Crippen LogP contribution in [0.5, 0.6) is 0 Å². The normalized spacial score (nSPS) is 22.9. The number of fused-ring (bicyclic) bond motifs is 6. The Balaban J connectivity index is 0.857. The molecule has 0 unspecified atom stereocenters. The molecule has 0 aromatic heterocycles. The molecule has 4 fully saturated rings. The van der Waals surface area contributed by atoms with Gasteiger partial charge in [0.1, 0.15) is 0 Å². The number of hydrogen-bond donors (Lipinski definition) is 0. The minimum Gasteiger partial charge on any atom is -0.310 e. The van der Waals surface area contributed by atoms with E-state index in [1.54, 1.807) is 11.1 Å². The highest BCUT2D eigenvalue weighted by Crippen LogP contribution is 2.69. The van der Waals surface area contributed by atoms with Gasteiger partial charge in [-0.1, -0.05) is 153 Å². The van der Waals surface area contributed by atoms with Crippen LogP contribution in [0, 0.1) is 23.7 Å². The van der Waals surface area contributed by atoms with E-state index < -0.39 is 0 Å². The molecular formula is C61H51N. The zero-order valence-corrected chi connectivity index (χ0v) is 35.7. The summed E-state index contributed by atoms with van der Waals surface area (Å²) in [5, 5.41) is 0. The fourth-order valence-electron chi connectivity index (χ4n) is 13.7. The van der Waals surface area contributed by atoms with Crippen molar-refractivity contribution in [2.45, 2.75) is 56.8 Å². The van der Waals surface area contributed by atoms with Gasteiger partial charge in [-0.2, -0.15) is 0 Å². The highest BCUT2D eigenvalue weighted by atomic mass is 15.1. The fraction of sp³-hybridized carbons (Fsp3) is 0.213. The summed E-state index contributed by atoms with van der Waals surface area (Å²) in [5.41, 5.74) is 22.7. The van der Waals surface area contributed by atoms with Crippen molar-refractivity contribution in [1.82, 2.24) is 0 Å². The molecule has 0 amide bonds. The van der Waals surface area contributed by atoms with Crippen LogP contribution in [0.1, 0.15) is 68.2 Å². The van der Waals surface area contributed by atoms with E-state index in [9.17, 15) is 0 Å². The van der Waals surface area contributed by atoms with Gasteiger partial charge in [0, 0.05) is 27.9 Å². The van der Waals surface area contributed by atoms with Crippen molar-refractivity contribution >= 4 is 17.1 Å². The predicted octanol–water partition coefficient (Wildman–Crippen LogP) is 16.2. The quantitative estimate of drug-likeness (QED) is 0.162. The first-order chi connectivity index (χ1) is 30.4. The first kappa shape index (κ1) is 36.2. The van der Waals surface area contributed by atoms with Gasteiger partial charge in [0.25, 0.3) is 0 Å². The third kappa shape index (κ3) is 5.27. The van der Waals surface area contributed by atoms with Crippen molar-refractivity contribution in [3.63, 3.8) is 0 Å². The summed E-state index contributed by atoms with van der Waals surface area (Å²) in [4.78, 5) is 2.42. The zero-order chi connectivity index (χ0) is 41.2. The summed E-state index contributed by atoms with van der Waals surface area (Å²) in [6, 6.07) is 71.1. The molecule has 0 heterocycles. The molecule has 8 aromatic carbocycles. The molecule has 4 bridgehead atoms. The van der Waals surface area contributed by atoms with Crippen LogP contribution >= 0.6 is 0 Å². The molecule has 8 aromatic rings. The lowest BCUT2D eigenvalue weighted by Crippen LogP contribution is -2.55. The maximum Gasteiger partial charge on any atom is 0.0465 e. The molecule has 0 radical (unpaired) electrons. The molecule has 1 heteroatoms. The van der Waals surface area contributed by atoms with Crippen LogP contribution in [-0.2, 0) is 10.8 Å². The predicted molar refractivity (Wildman–Crippen MR) is 258 cm³/mol. The average Bonchev–Trinajstić information content (AvgIpc) is 3.74. The molecule has 4 saturated carbocycles. The summed E-state index contributed by atoms with van der Waals surface area (Å²) in [6.45, 7) is 4.73. The summed E-state index contributed by atoms with van der Waals surface area (Å²) in [5.74, 6) is 3.48. The third-order valence-electron chi connectivity index (χ3n) is 16.3. The summed E-state index contributed by atoms with van der Waals surface area (Å²) >= 11 is 0. The SMILES string of the molecule is CC1(C)c2ccccc2-c2ccc(N(c3ccc(-c4ccccc4)cc3)c3ccc(-c4cccc(-c5ccc6c(c5)-c5ccccc5C65C6CC7CC(C6)CC5C7)c4)cc3)cc21. The van der Waals surface area contributed by atoms with Crippen molar-refractivity contribution in [3.05, 3.63) is 210 Å². The van der Waals surface area contributed by atoms with Gasteiger partial charge in [0.15, 0.2) is 0 Å². The minimum absolute atomic E-state index is 0.0849. The maximum atomic E-state index is 2.55. The first-order valence-corrected chi connectivity index (χ1v) is 23.1. The lowest BCUT2D eigenvalue weighted by atomic mass is 9.43.